The minimum Gasteiger partial charge on any atom is -0.497 e. The molecular weight excluding hydrogens is 646 g/mol. The molecule has 0 bridgehead atoms. The highest BCUT2D eigenvalue weighted by Crippen LogP contribution is 2.39. The summed E-state index contributed by atoms with van der Waals surface area (Å²) in [6.07, 6.45) is 1.54. The minimum atomic E-state index is -1.01. The Labute approximate surface area is 299 Å². The summed E-state index contributed by atoms with van der Waals surface area (Å²) in [6, 6.07) is 27.7. The van der Waals surface area contributed by atoms with Gasteiger partial charge in [-0.3, -0.25) is 19.2 Å². The Hall–Kier alpha value is -5.44. The highest BCUT2D eigenvalue weighted by Gasteiger charge is 2.27. The molecular formula is C42H45NO8. The van der Waals surface area contributed by atoms with E-state index in [2.05, 4.69) is 5.32 Å². The summed E-state index contributed by atoms with van der Waals surface area (Å²) in [5.41, 5.74) is 5.55. The van der Waals surface area contributed by atoms with Crippen LogP contribution in [-0.4, -0.2) is 43.4 Å². The van der Waals surface area contributed by atoms with Crippen LogP contribution in [0.5, 0.6) is 11.5 Å². The van der Waals surface area contributed by atoms with Crippen molar-refractivity contribution < 1.29 is 38.1 Å². The number of carbonyl (C=O) groups excluding carboxylic acids is 4. The summed E-state index contributed by atoms with van der Waals surface area (Å²) in [7, 11) is 1.59. The molecule has 1 aliphatic carbocycles. The number of ketones is 1. The highest BCUT2D eigenvalue weighted by molar-refractivity contribution is 6.00. The predicted molar refractivity (Wildman–Crippen MR) is 194 cm³/mol. The average molecular weight is 692 g/mol. The molecule has 2 unspecified atom stereocenters. The third kappa shape index (κ3) is 10.1. The maximum Gasteiger partial charge on any atom is 0.326 e. The second-order valence-electron chi connectivity index (χ2n) is 13.8. The lowest BCUT2D eigenvalue weighted by Crippen LogP contribution is -2.28. The first-order chi connectivity index (χ1) is 24.4. The van der Waals surface area contributed by atoms with Gasteiger partial charge in [0, 0.05) is 17.3 Å². The number of esters is 3. The van der Waals surface area contributed by atoms with E-state index in [1.165, 1.54) is 5.56 Å². The van der Waals surface area contributed by atoms with Crippen molar-refractivity contribution in [3.63, 3.8) is 0 Å². The van der Waals surface area contributed by atoms with E-state index in [1.807, 2.05) is 87.5 Å². The molecule has 0 spiro atoms. The van der Waals surface area contributed by atoms with Crippen LogP contribution in [0.15, 0.2) is 91.0 Å². The molecule has 0 amide bonds. The van der Waals surface area contributed by atoms with Gasteiger partial charge in [0.05, 0.1) is 18.9 Å². The van der Waals surface area contributed by atoms with Crippen molar-refractivity contribution in [1.29, 1.82) is 0 Å². The number of carbonyl (C=O) groups is 4. The van der Waals surface area contributed by atoms with Crippen LogP contribution in [0.3, 0.4) is 0 Å². The minimum absolute atomic E-state index is 0.0762. The third-order valence-electron chi connectivity index (χ3n) is 8.86. The molecule has 9 heteroatoms. The molecule has 1 N–H and O–H groups in total. The number of methoxy groups -OCH3 is 1. The monoisotopic (exact) mass is 691 g/mol. The van der Waals surface area contributed by atoms with Crippen molar-refractivity contribution in [2.24, 2.45) is 5.41 Å². The Morgan fingerprint density at radius 1 is 0.824 bits per heavy atom. The number of fused-ring (bicyclic) bond motifs is 1. The fourth-order valence-corrected chi connectivity index (χ4v) is 5.93. The molecule has 4 aromatic rings. The highest BCUT2D eigenvalue weighted by atomic mass is 16.5. The van der Waals surface area contributed by atoms with Crippen LogP contribution >= 0.6 is 0 Å². The SMILES string of the molecule is COc1ccc(C2CCc3cc(OC(=O)C(C)(C)C)ccc3C2)c(NCC(=O)OC(C)C(=O)c2ccc(CC(=O)OCc3ccccc3)cc2)c1. The van der Waals surface area contributed by atoms with Gasteiger partial charge in [0.2, 0.25) is 5.78 Å². The maximum absolute atomic E-state index is 13.1. The van der Waals surface area contributed by atoms with Gasteiger partial charge in [0.1, 0.15) is 24.7 Å². The lowest BCUT2D eigenvalue weighted by atomic mass is 9.79. The summed E-state index contributed by atoms with van der Waals surface area (Å²) in [4.78, 5) is 50.7. The van der Waals surface area contributed by atoms with Crippen molar-refractivity contribution in [3.8, 4) is 11.5 Å². The molecule has 51 heavy (non-hydrogen) atoms. The summed E-state index contributed by atoms with van der Waals surface area (Å²) in [5.74, 6) is -0.179. The Kier molecular flexibility index (Phi) is 11.9. The average Bonchev–Trinajstić information content (AvgIpc) is 3.12. The van der Waals surface area contributed by atoms with Crippen LogP contribution in [0.25, 0.3) is 0 Å². The van der Waals surface area contributed by atoms with Gasteiger partial charge in [0.25, 0.3) is 0 Å². The zero-order valence-corrected chi connectivity index (χ0v) is 29.8. The van der Waals surface area contributed by atoms with Gasteiger partial charge >= 0.3 is 17.9 Å². The second-order valence-corrected chi connectivity index (χ2v) is 13.8. The van der Waals surface area contributed by atoms with E-state index in [0.29, 0.717) is 22.6 Å². The lowest BCUT2D eigenvalue weighted by molar-refractivity contribution is -0.145. The number of nitrogens with one attached hydrogen (secondary N) is 1. The number of hydrogen-bond donors (Lipinski definition) is 1. The zero-order chi connectivity index (χ0) is 36.5. The Morgan fingerprint density at radius 2 is 1.55 bits per heavy atom. The molecule has 0 aromatic heterocycles. The van der Waals surface area contributed by atoms with Crippen molar-refractivity contribution in [3.05, 3.63) is 124 Å². The predicted octanol–water partition coefficient (Wildman–Crippen LogP) is 7.43. The topological polar surface area (TPSA) is 117 Å². The number of ether oxygens (including phenoxy) is 4. The van der Waals surface area contributed by atoms with E-state index in [-0.39, 0.29) is 43.2 Å². The van der Waals surface area contributed by atoms with Gasteiger partial charge in [0.15, 0.2) is 6.10 Å². The van der Waals surface area contributed by atoms with Crippen molar-refractivity contribution in [2.75, 3.05) is 19.0 Å². The van der Waals surface area contributed by atoms with E-state index in [4.69, 9.17) is 18.9 Å². The summed E-state index contributed by atoms with van der Waals surface area (Å²) in [6.45, 7) is 7.08. The number of rotatable bonds is 13. The van der Waals surface area contributed by atoms with Gasteiger partial charge in [-0.2, -0.15) is 0 Å². The van der Waals surface area contributed by atoms with Gasteiger partial charge in [-0.15, -0.1) is 0 Å². The molecule has 0 aliphatic heterocycles. The molecule has 266 valence electrons. The summed E-state index contributed by atoms with van der Waals surface area (Å²) in [5, 5.41) is 3.22. The normalized spacial score (nSPS) is 14.4. The van der Waals surface area contributed by atoms with Crippen molar-refractivity contribution in [1.82, 2.24) is 0 Å². The van der Waals surface area contributed by atoms with Crippen LogP contribution in [-0.2, 0) is 49.7 Å². The Bertz CT molecular complexity index is 1860. The number of Topliss-reactive ketones (excluding diaryl/α,β-unsaturated/α-hetero) is 1. The molecule has 0 radical (unpaired) electrons. The molecule has 4 aromatic carbocycles. The quantitative estimate of drug-likeness (QED) is 0.0868. The van der Waals surface area contributed by atoms with E-state index in [0.717, 1.165) is 41.6 Å². The maximum atomic E-state index is 13.1. The first-order valence-corrected chi connectivity index (χ1v) is 17.2. The number of hydrogen-bond acceptors (Lipinski definition) is 9. The molecule has 1 aliphatic rings. The Balaban J connectivity index is 1.15. The van der Waals surface area contributed by atoms with Crippen LogP contribution in [0.4, 0.5) is 5.69 Å². The van der Waals surface area contributed by atoms with Gasteiger partial charge in [-0.1, -0.05) is 66.7 Å². The fraction of sp³-hybridized carbons (Fsp3) is 0.333. The zero-order valence-electron chi connectivity index (χ0n) is 29.8. The molecule has 2 atom stereocenters. The number of anilines is 1. The summed E-state index contributed by atoms with van der Waals surface area (Å²) >= 11 is 0. The van der Waals surface area contributed by atoms with E-state index >= 15 is 0 Å². The fourth-order valence-electron chi connectivity index (χ4n) is 5.93. The molecule has 0 saturated carbocycles. The molecule has 0 fully saturated rings. The van der Waals surface area contributed by atoms with Crippen LogP contribution in [0.2, 0.25) is 0 Å². The van der Waals surface area contributed by atoms with Crippen LogP contribution < -0.4 is 14.8 Å². The molecule has 9 nitrogen and oxygen atoms in total. The van der Waals surface area contributed by atoms with Gasteiger partial charge in [-0.05, 0) is 98.9 Å². The second kappa shape index (κ2) is 16.5. The van der Waals surface area contributed by atoms with E-state index in [1.54, 1.807) is 38.3 Å². The standard InChI is InChI=1S/C42H45NO8/c1-27(40(46)30-13-11-28(12-14-30)21-38(44)49-26-29-9-7-6-8-10-29)50-39(45)25-43-37-24-34(48-5)19-20-36(37)33-16-15-32-23-35(18-17-31(32)22-33)51-41(47)42(2,3)4/h6-14,17-20,23-24,27,33,43H,15-16,21-22,25-26H2,1-5H3. The van der Waals surface area contributed by atoms with Gasteiger partial charge < -0.3 is 24.3 Å². The number of benzene rings is 4. The van der Waals surface area contributed by atoms with Crippen molar-refractivity contribution >= 4 is 29.4 Å². The Morgan fingerprint density at radius 3 is 2.25 bits per heavy atom. The lowest BCUT2D eigenvalue weighted by Gasteiger charge is -2.28. The molecule has 0 saturated heterocycles. The molecule has 5 rings (SSSR count). The largest absolute Gasteiger partial charge is 0.497 e. The summed E-state index contributed by atoms with van der Waals surface area (Å²) < 4.78 is 21.9. The number of aryl methyl sites for hydroxylation is 1. The first-order valence-electron chi connectivity index (χ1n) is 17.2. The van der Waals surface area contributed by atoms with Crippen LogP contribution in [0.1, 0.15) is 78.2 Å². The third-order valence-corrected chi connectivity index (χ3v) is 8.86. The van der Waals surface area contributed by atoms with E-state index in [9.17, 15) is 19.2 Å². The van der Waals surface area contributed by atoms with E-state index < -0.39 is 17.5 Å². The smallest absolute Gasteiger partial charge is 0.326 e. The van der Waals surface area contributed by atoms with Crippen molar-refractivity contribution in [2.45, 2.75) is 72.0 Å². The van der Waals surface area contributed by atoms with Crippen LogP contribution in [0, 0.1) is 5.41 Å². The van der Waals surface area contributed by atoms with Gasteiger partial charge in [-0.25, -0.2) is 0 Å². The molecule has 0 heterocycles. The first kappa shape index (κ1) is 36.8.